The molecule has 0 aromatic heterocycles. The first-order valence-electron chi connectivity index (χ1n) is 4.44. The summed E-state index contributed by atoms with van der Waals surface area (Å²) in [6, 6.07) is 0. The summed E-state index contributed by atoms with van der Waals surface area (Å²) in [5, 5.41) is 0. The van der Waals surface area contributed by atoms with Crippen LogP contribution in [0.15, 0.2) is 0 Å². The molecular formula is C8H16O3S. The fourth-order valence-corrected chi connectivity index (χ4v) is 2.95. The van der Waals surface area contributed by atoms with E-state index >= 15 is 0 Å². The lowest BCUT2D eigenvalue weighted by Gasteiger charge is -2.27. The molecule has 72 valence electrons. The van der Waals surface area contributed by atoms with Gasteiger partial charge >= 0.3 is 0 Å². The van der Waals surface area contributed by atoms with E-state index in [4.69, 9.17) is 4.55 Å². The van der Waals surface area contributed by atoms with Crippen molar-refractivity contribution in [1.82, 2.24) is 0 Å². The molecule has 0 unspecified atom stereocenters. The molecule has 2 atom stereocenters. The maximum absolute atomic E-state index is 10.6. The second kappa shape index (κ2) is 3.75. The van der Waals surface area contributed by atoms with E-state index < -0.39 is 10.1 Å². The average molecular weight is 192 g/mol. The Kier molecular flexibility index (Phi) is 3.12. The molecule has 1 aliphatic rings. The first kappa shape index (κ1) is 9.99. The zero-order valence-corrected chi connectivity index (χ0v) is 8.18. The van der Waals surface area contributed by atoms with E-state index in [-0.39, 0.29) is 11.7 Å². The standard InChI is InChI=1S/C8H16O3S/c1-7-4-2-3-5-8(7)6-12(9,10)11/h7-8H,2-6H2,1H3,(H,9,10,11)/t7-,8-/m1/s1. The van der Waals surface area contributed by atoms with Crippen LogP contribution in [0.1, 0.15) is 32.6 Å². The van der Waals surface area contributed by atoms with Crippen LogP contribution in [0.3, 0.4) is 0 Å². The third-order valence-corrected chi connectivity index (χ3v) is 3.56. The van der Waals surface area contributed by atoms with Gasteiger partial charge in [0, 0.05) is 0 Å². The molecule has 0 saturated heterocycles. The van der Waals surface area contributed by atoms with Gasteiger partial charge in [0.2, 0.25) is 0 Å². The van der Waals surface area contributed by atoms with Gasteiger partial charge in [-0.15, -0.1) is 0 Å². The highest BCUT2D eigenvalue weighted by Gasteiger charge is 2.25. The Morgan fingerprint density at radius 3 is 2.42 bits per heavy atom. The third kappa shape index (κ3) is 3.11. The normalized spacial score (nSPS) is 31.8. The summed E-state index contributed by atoms with van der Waals surface area (Å²) in [4.78, 5) is 0. The largest absolute Gasteiger partial charge is 0.286 e. The summed E-state index contributed by atoms with van der Waals surface area (Å²) < 4.78 is 29.9. The molecule has 0 bridgehead atoms. The van der Waals surface area contributed by atoms with Crippen LogP contribution < -0.4 is 0 Å². The molecule has 0 aromatic rings. The third-order valence-electron chi connectivity index (χ3n) is 2.71. The average Bonchev–Trinajstić information content (AvgIpc) is 1.91. The van der Waals surface area contributed by atoms with Crippen LogP contribution in [0.2, 0.25) is 0 Å². The SMILES string of the molecule is C[C@@H]1CCCC[C@@H]1CS(=O)(=O)O. The Hall–Kier alpha value is -0.0900. The van der Waals surface area contributed by atoms with Gasteiger partial charge in [0.15, 0.2) is 0 Å². The first-order chi connectivity index (χ1) is 5.49. The van der Waals surface area contributed by atoms with E-state index in [9.17, 15) is 8.42 Å². The second-order valence-corrected chi connectivity index (χ2v) is 5.27. The first-order valence-corrected chi connectivity index (χ1v) is 6.05. The molecule has 1 fully saturated rings. The van der Waals surface area contributed by atoms with Gasteiger partial charge in [-0.25, -0.2) is 0 Å². The van der Waals surface area contributed by atoms with Gasteiger partial charge in [0.25, 0.3) is 10.1 Å². The lowest BCUT2D eigenvalue weighted by molar-refractivity contribution is 0.274. The fraction of sp³-hybridized carbons (Fsp3) is 1.00. The van der Waals surface area contributed by atoms with Gasteiger partial charge in [0.1, 0.15) is 0 Å². The fourth-order valence-electron chi connectivity index (χ4n) is 1.91. The molecule has 0 aromatic carbocycles. The summed E-state index contributed by atoms with van der Waals surface area (Å²) >= 11 is 0. The zero-order valence-electron chi connectivity index (χ0n) is 7.36. The molecule has 0 spiro atoms. The summed E-state index contributed by atoms with van der Waals surface area (Å²) in [5.41, 5.74) is 0. The second-order valence-electron chi connectivity index (χ2n) is 3.77. The van der Waals surface area contributed by atoms with Crippen LogP contribution >= 0.6 is 0 Å². The summed E-state index contributed by atoms with van der Waals surface area (Å²) in [7, 11) is -3.76. The highest BCUT2D eigenvalue weighted by molar-refractivity contribution is 7.85. The minimum atomic E-state index is -3.76. The van der Waals surface area contributed by atoms with Crippen molar-refractivity contribution in [3.63, 3.8) is 0 Å². The Labute approximate surface area is 73.9 Å². The Morgan fingerprint density at radius 2 is 1.92 bits per heavy atom. The predicted octanol–water partition coefficient (Wildman–Crippen LogP) is 1.70. The van der Waals surface area contributed by atoms with Crippen LogP contribution in [0.4, 0.5) is 0 Å². The van der Waals surface area contributed by atoms with Crippen molar-refractivity contribution in [2.24, 2.45) is 11.8 Å². The quantitative estimate of drug-likeness (QED) is 0.677. The van der Waals surface area contributed by atoms with E-state index in [0.29, 0.717) is 5.92 Å². The number of hydrogen-bond donors (Lipinski definition) is 1. The van der Waals surface area contributed by atoms with Crippen molar-refractivity contribution < 1.29 is 13.0 Å². The maximum Gasteiger partial charge on any atom is 0.265 e. The van der Waals surface area contributed by atoms with Gasteiger partial charge in [-0.05, 0) is 18.3 Å². The molecule has 3 nitrogen and oxygen atoms in total. The maximum atomic E-state index is 10.6. The van der Waals surface area contributed by atoms with Crippen molar-refractivity contribution in [2.75, 3.05) is 5.75 Å². The summed E-state index contributed by atoms with van der Waals surface area (Å²) in [5.74, 6) is 0.572. The molecule has 0 radical (unpaired) electrons. The Morgan fingerprint density at radius 1 is 1.33 bits per heavy atom. The van der Waals surface area contributed by atoms with E-state index in [2.05, 4.69) is 6.92 Å². The number of rotatable bonds is 2. The summed E-state index contributed by atoms with van der Waals surface area (Å²) in [6.45, 7) is 2.06. The molecular weight excluding hydrogens is 176 g/mol. The minimum Gasteiger partial charge on any atom is -0.286 e. The van der Waals surface area contributed by atoms with Crippen molar-refractivity contribution in [1.29, 1.82) is 0 Å². The topological polar surface area (TPSA) is 54.4 Å². The highest BCUT2D eigenvalue weighted by atomic mass is 32.2. The zero-order chi connectivity index (χ0) is 9.19. The van der Waals surface area contributed by atoms with Crippen molar-refractivity contribution in [2.45, 2.75) is 32.6 Å². The Bertz CT molecular complexity index is 233. The van der Waals surface area contributed by atoms with Crippen LogP contribution in [-0.2, 0) is 10.1 Å². The lowest BCUT2D eigenvalue weighted by Crippen LogP contribution is -2.24. The molecule has 1 aliphatic carbocycles. The van der Waals surface area contributed by atoms with E-state index in [1.165, 1.54) is 6.42 Å². The smallest absolute Gasteiger partial charge is 0.265 e. The molecule has 12 heavy (non-hydrogen) atoms. The highest BCUT2D eigenvalue weighted by Crippen LogP contribution is 2.30. The molecule has 1 saturated carbocycles. The lowest BCUT2D eigenvalue weighted by atomic mass is 9.82. The van der Waals surface area contributed by atoms with Gasteiger partial charge in [0.05, 0.1) is 5.75 Å². The van der Waals surface area contributed by atoms with Gasteiger partial charge in [-0.3, -0.25) is 4.55 Å². The molecule has 0 heterocycles. The van der Waals surface area contributed by atoms with Crippen LogP contribution in [0.5, 0.6) is 0 Å². The van der Waals surface area contributed by atoms with Gasteiger partial charge in [-0.1, -0.05) is 26.2 Å². The number of hydrogen-bond acceptors (Lipinski definition) is 2. The van der Waals surface area contributed by atoms with Gasteiger partial charge < -0.3 is 0 Å². The predicted molar refractivity (Wildman–Crippen MR) is 47.5 cm³/mol. The molecule has 0 amide bonds. The summed E-state index contributed by atoms with van der Waals surface area (Å²) in [6.07, 6.45) is 4.34. The minimum absolute atomic E-state index is 0.0475. The van der Waals surface area contributed by atoms with E-state index in [0.717, 1.165) is 19.3 Å². The van der Waals surface area contributed by atoms with Crippen molar-refractivity contribution >= 4 is 10.1 Å². The van der Waals surface area contributed by atoms with Crippen LogP contribution in [-0.4, -0.2) is 18.7 Å². The van der Waals surface area contributed by atoms with Crippen molar-refractivity contribution in [3.05, 3.63) is 0 Å². The van der Waals surface area contributed by atoms with E-state index in [1.54, 1.807) is 0 Å². The molecule has 1 rings (SSSR count). The Balaban J connectivity index is 2.50. The van der Waals surface area contributed by atoms with E-state index in [1.807, 2.05) is 0 Å². The monoisotopic (exact) mass is 192 g/mol. The molecule has 1 N–H and O–H groups in total. The molecule has 4 heteroatoms. The van der Waals surface area contributed by atoms with Gasteiger partial charge in [-0.2, -0.15) is 8.42 Å². The van der Waals surface area contributed by atoms with Crippen molar-refractivity contribution in [3.8, 4) is 0 Å². The van der Waals surface area contributed by atoms with Crippen LogP contribution in [0.25, 0.3) is 0 Å². The van der Waals surface area contributed by atoms with Crippen LogP contribution in [0, 0.1) is 11.8 Å². The molecule has 0 aliphatic heterocycles.